The molecule has 0 aliphatic heterocycles. The minimum absolute atomic E-state index is 0.247. The van der Waals surface area contributed by atoms with Gasteiger partial charge in [-0.15, -0.1) is 0 Å². The smallest absolute Gasteiger partial charge is 0.256 e. The molecule has 148 valence electrons. The number of hydrogen-bond donors (Lipinski definition) is 2. The lowest BCUT2D eigenvalue weighted by Crippen LogP contribution is -2.27. The van der Waals surface area contributed by atoms with Gasteiger partial charge in [-0.2, -0.15) is 0 Å². The third kappa shape index (κ3) is 5.23. The van der Waals surface area contributed by atoms with Crippen LogP contribution in [0.15, 0.2) is 77.3 Å². The monoisotopic (exact) mass is 452 g/mol. The van der Waals surface area contributed by atoms with E-state index in [0.717, 1.165) is 11.3 Å². The van der Waals surface area contributed by atoms with Crippen molar-refractivity contribution >= 4 is 33.4 Å². The number of carbonyl (C=O) groups excluding carboxylic acids is 2. The number of methoxy groups -OCH3 is 1. The summed E-state index contributed by atoms with van der Waals surface area (Å²) in [5, 5.41) is 5.73. The summed E-state index contributed by atoms with van der Waals surface area (Å²) in [6.45, 7) is 0.450. The van der Waals surface area contributed by atoms with Crippen LogP contribution in [0.1, 0.15) is 26.3 Å². The Balaban J connectivity index is 1.67. The Kier molecular flexibility index (Phi) is 7.03. The fraction of sp³-hybridized carbons (Fsp3) is 0.130. The number of halogens is 1. The highest BCUT2D eigenvalue weighted by Gasteiger charge is 2.15. The Bertz CT molecular complexity index is 1020. The minimum Gasteiger partial charge on any atom is -0.496 e. The number of nitrogens with one attached hydrogen (secondary N) is 2. The number of amides is 2. The Morgan fingerprint density at radius 2 is 1.52 bits per heavy atom. The molecule has 0 saturated heterocycles. The molecule has 29 heavy (non-hydrogen) atoms. The van der Waals surface area contributed by atoms with Crippen LogP contribution >= 0.6 is 15.9 Å². The van der Waals surface area contributed by atoms with E-state index in [1.165, 1.54) is 0 Å². The molecular weight excluding hydrogens is 432 g/mol. The fourth-order valence-electron chi connectivity index (χ4n) is 2.94. The summed E-state index contributed by atoms with van der Waals surface area (Å²) < 4.78 is 6.03. The maximum absolute atomic E-state index is 12.7. The molecule has 2 N–H and O–H groups in total. The second kappa shape index (κ2) is 9.89. The third-order valence-corrected chi connectivity index (χ3v) is 5.10. The number of ether oxygens (including phenoxy) is 1. The summed E-state index contributed by atoms with van der Waals surface area (Å²) in [6.07, 6.45) is 0.640. The zero-order valence-electron chi connectivity index (χ0n) is 15.9. The maximum Gasteiger partial charge on any atom is 0.256 e. The van der Waals surface area contributed by atoms with Gasteiger partial charge < -0.3 is 15.4 Å². The van der Waals surface area contributed by atoms with Crippen molar-refractivity contribution in [3.63, 3.8) is 0 Å². The predicted octanol–water partition coefficient (Wildman–Crippen LogP) is 4.68. The number of carbonyl (C=O) groups is 2. The van der Waals surface area contributed by atoms with E-state index in [9.17, 15) is 9.59 Å². The molecule has 3 aromatic rings. The summed E-state index contributed by atoms with van der Waals surface area (Å²) in [7, 11) is 1.63. The van der Waals surface area contributed by atoms with Crippen molar-refractivity contribution in [2.24, 2.45) is 0 Å². The maximum atomic E-state index is 12.7. The first kappa shape index (κ1) is 20.6. The molecule has 0 spiro atoms. The van der Waals surface area contributed by atoms with Gasteiger partial charge in [-0.25, -0.2) is 0 Å². The van der Waals surface area contributed by atoms with Crippen molar-refractivity contribution in [3.8, 4) is 5.75 Å². The van der Waals surface area contributed by atoms with E-state index < -0.39 is 0 Å². The molecule has 0 bridgehead atoms. The molecule has 0 atom stereocenters. The lowest BCUT2D eigenvalue weighted by Gasteiger charge is -2.13. The van der Waals surface area contributed by atoms with Gasteiger partial charge in [0.15, 0.2) is 0 Å². The van der Waals surface area contributed by atoms with Gasteiger partial charge in [-0.3, -0.25) is 9.59 Å². The van der Waals surface area contributed by atoms with E-state index in [1.54, 1.807) is 49.6 Å². The SMILES string of the molecule is COc1ccccc1CCNC(=O)c1ccccc1NC(=O)c1ccccc1Br. The molecule has 6 heteroatoms. The number of anilines is 1. The Hall–Kier alpha value is -3.12. The van der Waals surface area contributed by atoms with E-state index in [0.29, 0.717) is 34.3 Å². The van der Waals surface area contributed by atoms with Crippen molar-refractivity contribution in [2.75, 3.05) is 19.0 Å². The third-order valence-electron chi connectivity index (χ3n) is 4.41. The normalized spacial score (nSPS) is 10.3. The zero-order chi connectivity index (χ0) is 20.6. The molecule has 0 aliphatic rings. The predicted molar refractivity (Wildman–Crippen MR) is 118 cm³/mol. The summed E-state index contributed by atoms with van der Waals surface area (Å²) in [6, 6.07) is 21.8. The molecule has 0 unspecified atom stereocenters. The Morgan fingerprint density at radius 1 is 0.862 bits per heavy atom. The number of benzene rings is 3. The summed E-state index contributed by atoms with van der Waals surface area (Å²) in [5.74, 6) is 0.262. The number of hydrogen-bond acceptors (Lipinski definition) is 3. The van der Waals surface area contributed by atoms with Crippen molar-refractivity contribution in [3.05, 3.63) is 94.0 Å². The van der Waals surface area contributed by atoms with Crippen molar-refractivity contribution < 1.29 is 14.3 Å². The molecule has 2 amide bonds. The first-order valence-corrected chi connectivity index (χ1v) is 9.94. The van der Waals surface area contributed by atoms with E-state index in [2.05, 4.69) is 26.6 Å². The Morgan fingerprint density at radius 3 is 2.28 bits per heavy atom. The van der Waals surface area contributed by atoms with Crippen LogP contribution in [0.25, 0.3) is 0 Å². The second-order valence-electron chi connectivity index (χ2n) is 6.30. The number of para-hydroxylation sites is 2. The van der Waals surface area contributed by atoms with Crippen LogP contribution in [0, 0.1) is 0 Å². The molecule has 0 aliphatic carbocycles. The molecule has 0 heterocycles. The quantitative estimate of drug-likeness (QED) is 0.546. The average Bonchev–Trinajstić information content (AvgIpc) is 2.74. The van der Waals surface area contributed by atoms with Crippen molar-refractivity contribution in [1.29, 1.82) is 0 Å². The largest absolute Gasteiger partial charge is 0.496 e. The summed E-state index contributed by atoms with van der Waals surface area (Å²) in [4.78, 5) is 25.3. The van der Waals surface area contributed by atoms with Gasteiger partial charge in [-0.1, -0.05) is 42.5 Å². The van der Waals surface area contributed by atoms with Crippen LogP contribution in [0.2, 0.25) is 0 Å². The topological polar surface area (TPSA) is 67.4 Å². The van der Waals surface area contributed by atoms with Crippen LogP contribution in [-0.2, 0) is 6.42 Å². The summed E-state index contributed by atoms with van der Waals surface area (Å²) >= 11 is 3.38. The van der Waals surface area contributed by atoms with Crippen LogP contribution in [-0.4, -0.2) is 25.5 Å². The fourth-order valence-corrected chi connectivity index (χ4v) is 3.41. The molecule has 3 rings (SSSR count). The van der Waals surface area contributed by atoms with E-state index in [1.807, 2.05) is 30.3 Å². The molecule has 5 nitrogen and oxygen atoms in total. The van der Waals surface area contributed by atoms with Gasteiger partial charge >= 0.3 is 0 Å². The van der Waals surface area contributed by atoms with Gasteiger partial charge in [0.2, 0.25) is 0 Å². The first-order valence-electron chi connectivity index (χ1n) is 9.15. The first-order chi connectivity index (χ1) is 14.1. The minimum atomic E-state index is -0.285. The van der Waals surface area contributed by atoms with Gasteiger partial charge in [0.25, 0.3) is 11.8 Å². The molecule has 0 fully saturated rings. The highest BCUT2D eigenvalue weighted by molar-refractivity contribution is 9.10. The number of rotatable bonds is 7. The summed E-state index contributed by atoms with van der Waals surface area (Å²) in [5.41, 5.74) is 2.39. The molecule has 3 aromatic carbocycles. The van der Waals surface area contributed by atoms with Crippen LogP contribution in [0.4, 0.5) is 5.69 Å². The highest BCUT2D eigenvalue weighted by Crippen LogP contribution is 2.21. The van der Waals surface area contributed by atoms with E-state index >= 15 is 0 Å². The van der Waals surface area contributed by atoms with Crippen LogP contribution in [0.3, 0.4) is 0 Å². The van der Waals surface area contributed by atoms with E-state index in [-0.39, 0.29) is 11.8 Å². The Labute approximate surface area is 178 Å². The van der Waals surface area contributed by atoms with Crippen LogP contribution in [0.5, 0.6) is 5.75 Å². The second-order valence-corrected chi connectivity index (χ2v) is 7.15. The van der Waals surface area contributed by atoms with Gasteiger partial charge in [0.1, 0.15) is 5.75 Å². The van der Waals surface area contributed by atoms with E-state index in [4.69, 9.17) is 4.74 Å². The molecule has 0 radical (unpaired) electrons. The van der Waals surface area contributed by atoms with Gasteiger partial charge in [-0.05, 0) is 58.2 Å². The van der Waals surface area contributed by atoms with Gasteiger partial charge in [0, 0.05) is 11.0 Å². The van der Waals surface area contributed by atoms with Gasteiger partial charge in [0.05, 0.1) is 23.9 Å². The zero-order valence-corrected chi connectivity index (χ0v) is 17.5. The molecule has 0 aromatic heterocycles. The lowest BCUT2D eigenvalue weighted by molar-refractivity contribution is 0.0955. The molecule has 0 saturated carbocycles. The highest BCUT2D eigenvalue weighted by atomic mass is 79.9. The van der Waals surface area contributed by atoms with Crippen LogP contribution < -0.4 is 15.4 Å². The molecular formula is C23H21BrN2O3. The average molecular weight is 453 g/mol. The standard InChI is InChI=1S/C23H21BrN2O3/c1-29-21-13-7-2-8-16(21)14-15-25-22(27)18-10-4-6-12-20(18)26-23(28)17-9-3-5-11-19(17)24/h2-13H,14-15H2,1H3,(H,25,27)(H,26,28). The van der Waals surface area contributed by atoms with Crippen molar-refractivity contribution in [2.45, 2.75) is 6.42 Å². The van der Waals surface area contributed by atoms with Crippen molar-refractivity contribution in [1.82, 2.24) is 5.32 Å². The lowest BCUT2D eigenvalue weighted by atomic mass is 10.1.